The van der Waals surface area contributed by atoms with Crippen LogP contribution in [0.5, 0.6) is 0 Å². The molecule has 0 aliphatic heterocycles. The van der Waals surface area contributed by atoms with E-state index >= 15 is 0 Å². The van der Waals surface area contributed by atoms with Crippen LogP contribution in [0.3, 0.4) is 0 Å². The van der Waals surface area contributed by atoms with Crippen molar-refractivity contribution >= 4 is 11.9 Å². The number of hydrogen-bond acceptors (Lipinski definition) is 5. The maximum atomic E-state index is 11.3. The fraction of sp³-hybridized carbons (Fsp3) is 0.346. The molecule has 0 spiro atoms. The molecule has 0 fully saturated rings. The van der Waals surface area contributed by atoms with Crippen LogP contribution >= 0.6 is 0 Å². The molecule has 0 aliphatic rings. The third kappa shape index (κ3) is 7.21. The third-order valence-corrected chi connectivity index (χ3v) is 5.07. The van der Waals surface area contributed by atoms with E-state index in [2.05, 4.69) is 34.6 Å². The molecular weight excluding hydrogens is 386 g/mol. The Labute approximate surface area is 184 Å². The highest BCUT2D eigenvalue weighted by Crippen LogP contribution is 2.30. The second-order valence-corrected chi connectivity index (χ2v) is 7.44. The lowest BCUT2D eigenvalue weighted by atomic mass is 10.0. The van der Waals surface area contributed by atoms with Gasteiger partial charge in [0.15, 0.2) is 0 Å². The number of nitrogens with one attached hydrogen (secondary N) is 1. The fourth-order valence-corrected chi connectivity index (χ4v) is 3.47. The monoisotopic (exact) mass is 417 g/mol. The van der Waals surface area contributed by atoms with E-state index in [0.29, 0.717) is 19.0 Å². The van der Waals surface area contributed by atoms with Crippen LogP contribution < -0.4 is 5.32 Å². The van der Waals surface area contributed by atoms with Crippen molar-refractivity contribution in [2.45, 2.75) is 45.4 Å². The van der Waals surface area contributed by atoms with Gasteiger partial charge >= 0.3 is 5.97 Å². The van der Waals surface area contributed by atoms with Gasteiger partial charge in [-0.25, -0.2) is 9.97 Å². The number of nitrogens with zero attached hydrogens (tertiary/aromatic N) is 2. The van der Waals surface area contributed by atoms with Gasteiger partial charge in [-0.05, 0) is 25.3 Å². The predicted molar refractivity (Wildman–Crippen MR) is 126 cm³/mol. The standard InChI is InChI=1S/C26H31N3O2/c1-2-31-24(30)18-12-4-3-5-13-19-27-26-28-20-23(21-14-8-6-9-15-21)25(29-26)22-16-10-7-11-17-22/h6-11,14-17,20H,2-5,12-13,18-19H2,1H3,(H,27,28,29). The van der Waals surface area contributed by atoms with Gasteiger partial charge in [0.05, 0.1) is 12.3 Å². The molecule has 0 unspecified atom stereocenters. The smallest absolute Gasteiger partial charge is 0.305 e. The maximum Gasteiger partial charge on any atom is 0.305 e. The van der Waals surface area contributed by atoms with Gasteiger partial charge < -0.3 is 10.1 Å². The lowest BCUT2D eigenvalue weighted by molar-refractivity contribution is -0.143. The predicted octanol–water partition coefficient (Wildman–Crippen LogP) is 6.13. The molecule has 31 heavy (non-hydrogen) atoms. The van der Waals surface area contributed by atoms with E-state index in [1.165, 1.54) is 0 Å². The number of hydrogen-bond donors (Lipinski definition) is 1. The van der Waals surface area contributed by atoms with Crippen molar-refractivity contribution in [2.24, 2.45) is 0 Å². The summed E-state index contributed by atoms with van der Waals surface area (Å²) in [5.41, 5.74) is 4.14. The first-order valence-corrected chi connectivity index (χ1v) is 11.2. The van der Waals surface area contributed by atoms with Crippen molar-refractivity contribution < 1.29 is 9.53 Å². The van der Waals surface area contributed by atoms with Crippen molar-refractivity contribution in [1.82, 2.24) is 9.97 Å². The van der Waals surface area contributed by atoms with Crippen LogP contribution in [0.1, 0.15) is 45.4 Å². The van der Waals surface area contributed by atoms with Crippen LogP contribution in [0, 0.1) is 0 Å². The van der Waals surface area contributed by atoms with Crippen molar-refractivity contribution in [3.8, 4) is 22.4 Å². The molecule has 0 amide bonds. The number of carbonyl (C=O) groups is 1. The molecule has 2 aromatic carbocycles. The topological polar surface area (TPSA) is 64.1 Å². The largest absolute Gasteiger partial charge is 0.466 e. The van der Waals surface area contributed by atoms with Crippen LogP contribution in [-0.4, -0.2) is 29.1 Å². The number of esters is 1. The van der Waals surface area contributed by atoms with Gasteiger partial charge in [-0.3, -0.25) is 4.79 Å². The Bertz CT molecular complexity index is 930. The molecule has 0 bridgehead atoms. The molecule has 5 nitrogen and oxygen atoms in total. The number of anilines is 1. The Morgan fingerprint density at radius 3 is 2.23 bits per heavy atom. The highest BCUT2D eigenvalue weighted by atomic mass is 16.5. The summed E-state index contributed by atoms with van der Waals surface area (Å²) in [6.07, 6.45) is 7.66. The van der Waals surface area contributed by atoms with Gasteiger partial charge in [-0.15, -0.1) is 0 Å². The summed E-state index contributed by atoms with van der Waals surface area (Å²) in [4.78, 5) is 20.7. The molecule has 3 rings (SSSR count). The minimum atomic E-state index is -0.0884. The number of rotatable bonds is 12. The zero-order valence-corrected chi connectivity index (χ0v) is 18.2. The first-order valence-electron chi connectivity index (χ1n) is 11.2. The maximum absolute atomic E-state index is 11.3. The summed E-state index contributed by atoms with van der Waals surface area (Å²) in [6, 6.07) is 20.5. The normalized spacial score (nSPS) is 10.6. The first-order chi connectivity index (χ1) is 15.3. The molecule has 1 N–H and O–H groups in total. The van der Waals surface area contributed by atoms with Crippen LogP contribution in [0.15, 0.2) is 66.9 Å². The SMILES string of the molecule is CCOC(=O)CCCCCCCNc1ncc(-c2ccccc2)c(-c2ccccc2)n1. The molecular formula is C26H31N3O2. The highest BCUT2D eigenvalue weighted by molar-refractivity contribution is 5.80. The molecule has 0 atom stereocenters. The molecule has 0 aliphatic carbocycles. The quantitative estimate of drug-likeness (QED) is 0.284. The van der Waals surface area contributed by atoms with E-state index in [4.69, 9.17) is 9.72 Å². The summed E-state index contributed by atoms with van der Waals surface area (Å²) in [5, 5.41) is 3.36. The Morgan fingerprint density at radius 2 is 1.52 bits per heavy atom. The van der Waals surface area contributed by atoms with Gasteiger partial charge in [-0.2, -0.15) is 0 Å². The number of unbranched alkanes of at least 4 members (excludes halogenated alkanes) is 4. The van der Waals surface area contributed by atoms with Gasteiger partial charge in [-0.1, -0.05) is 79.9 Å². The molecule has 162 valence electrons. The summed E-state index contributed by atoms with van der Waals surface area (Å²) in [7, 11) is 0. The minimum Gasteiger partial charge on any atom is -0.466 e. The van der Waals surface area contributed by atoms with Crippen molar-refractivity contribution in [1.29, 1.82) is 0 Å². The van der Waals surface area contributed by atoms with Gasteiger partial charge in [0.25, 0.3) is 0 Å². The second-order valence-electron chi connectivity index (χ2n) is 7.44. The molecule has 5 heteroatoms. The summed E-state index contributed by atoms with van der Waals surface area (Å²) >= 11 is 0. The van der Waals surface area contributed by atoms with E-state index in [1.54, 1.807) is 0 Å². The van der Waals surface area contributed by atoms with Crippen molar-refractivity contribution in [2.75, 3.05) is 18.5 Å². The Morgan fingerprint density at radius 1 is 0.871 bits per heavy atom. The lowest BCUT2D eigenvalue weighted by Gasteiger charge is -2.12. The zero-order chi connectivity index (χ0) is 21.7. The Hall–Kier alpha value is -3.21. The summed E-state index contributed by atoms with van der Waals surface area (Å²) < 4.78 is 4.95. The highest BCUT2D eigenvalue weighted by Gasteiger charge is 2.11. The van der Waals surface area contributed by atoms with E-state index in [-0.39, 0.29) is 5.97 Å². The molecule has 0 radical (unpaired) electrons. The molecule has 0 saturated carbocycles. The van der Waals surface area contributed by atoms with Crippen LogP contribution in [-0.2, 0) is 9.53 Å². The summed E-state index contributed by atoms with van der Waals surface area (Å²) in [6.45, 7) is 3.13. The van der Waals surface area contributed by atoms with Crippen LogP contribution in [0.4, 0.5) is 5.95 Å². The lowest BCUT2D eigenvalue weighted by Crippen LogP contribution is -2.06. The number of ether oxygens (including phenoxy) is 1. The van der Waals surface area contributed by atoms with Crippen LogP contribution in [0.25, 0.3) is 22.4 Å². The minimum absolute atomic E-state index is 0.0884. The Kier molecular flexibility index (Phi) is 9.05. The number of benzene rings is 2. The molecule has 1 heterocycles. The fourth-order valence-electron chi connectivity index (χ4n) is 3.47. The number of aromatic nitrogens is 2. The molecule has 3 aromatic rings. The second kappa shape index (κ2) is 12.5. The van der Waals surface area contributed by atoms with Crippen LogP contribution in [0.2, 0.25) is 0 Å². The van der Waals surface area contributed by atoms with Gasteiger partial charge in [0.1, 0.15) is 0 Å². The number of carbonyl (C=O) groups excluding carboxylic acids is 1. The third-order valence-electron chi connectivity index (χ3n) is 5.07. The van der Waals surface area contributed by atoms with E-state index in [9.17, 15) is 4.79 Å². The first kappa shape index (κ1) is 22.5. The molecule has 0 saturated heterocycles. The van der Waals surface area contributed by atoms with E-state index in [1.807, 2.05) is 49.5 Å². The summed E-state index contributed by atoms with van der Waals surface area (Å²) in [5.74, 6) is 0.565. The Balaban J connectivity index is 1.53. The van der Waals surface area contributed by atoms with E-state index < -0.39 is 0 Å². The van der Waals surface area contributed by atoms with Crippen molar-refractivity contribution in [3.05, 3.63) is 66.9 Å². The van der Waals surface area contributed by atoms with E-state index in [0.717, 1.165) is 61.0 Å². The average Bonchev–Trinajstić information content (AvgIpc) is 2.82. The van der Waals surface area contributed by atoms with Gasteiger partial charge in [0, 0.05) is 30.3 Å². The zero-order valence-electron chi connectivity index (χ0n) is 18.2. The average molecular weight is 418 g/mol. The van der Waals surface area contributed by atoms with Crippen molar-refractivity contribution in [3.63, 3.8) is 0 Å². The van der Waals surface area contributed by atoms with Gasteiger partial charge in [0.2, 0.25) is 5.95 Å². The molecule has 1 aromatic heterocycles.